The number of rotatable bonds is 8. The van der Waals surface area contributed by atoms with Gasteiger partial charge in [0.2, 0.25) is 5.91 Å². The summed E-state index contributed by atoms with van der Waals surface area (Å²) >= 11 is 0. The van der Waals surface area contributed by atoms with E-state index in [1.807, 2.05) is 0 Å². The maximum Gasteiger partial charge on any atom is 0.269 e. The van der Waals surface area contributed by atoms with E-state index in [0.29, 0.717) is 42.4 Å². The van der Waals surface area contributed by atoms with Crippen LogP contribution in [0.4, 0.5) is 4.39 Å². The van der Waals surface area contributed by atoms with Crippen LogP contribution in [0.3, 0.4) is 0 Å². The van der Waals surface area contributed by atoms with E-state index in [4.69, 9.17) is 9.47 Å². The third kappa shape index (κ3) is 4.90. The summed E-state index contributed by atoms with van der Waals surface area (Å²) in [5.74, 6) is 0.395. The number of carbonyl (C=O) groups is 2. The Morgan fingerprint density at radius 2 is 1.77 bits per heavy atom. The smallest absolute Gasteiger partial charge is 0.269 e. The molecule has 0 bridgehead atoms. The molecule has 0 spiro atoms. The van der Waals surface area contributed by atoms with Gasteiger partial charge < -0.3 is 9.47 Å². The molecule has 0 atom stereocenters. The first kappa shape index (κ1) is 21.6. The summed E-state index contributed by atoms with van der Waals surface area (Å²) in [5.41, 5.74) is 5.29. The second-order valence-electron chi connectivity index (χ2n) is 7.89. The van der Waals surface area contributed by atoms with Gasteiger partial charge in [0.05, 0.1) is 19.1 Å². The van der Waals surface area contributed by atoms with Crippen molar-refractivity contribution in [2.75, 3.05) is 13.7 Å². The van der Waals surface area contributed by atoms with Crippen LogP contribution in [-0.4, -0.2) is 25.5 Å². The maximum atomic E-state index is 13.2. The minimum Gasteiger partial charge on any atom is -0.493 e. The van der Waals surface area contributed by atoms with E-state index in [-0.39, 0.29) is 11.7 Å². The van der Waals surface area contributed by atoms with Crippen LogP contribution in [0.15, 0.2) is 42.5 Å². The number of halogens is 1. The number of hydrogen-bond acceptors (Lipinski definition) is 4. The van der Waals surface area contributed by atoms with Crippen molar-refractivity contribution in [3.63, 3.8) is 0 Å². The largest absolute Gasteiger partial charge is 0.493 e. The van der Waals surface area contributed by atoms with Crippen LogP contribution < -0.4 is 20.3 Å². The van der Waals surface area contributed by atoms with E-state index in [1.54, 1.807) is 30.3 Å². The van der Waals surface area contributed by atoms with E-state index in [0.717, 1.165) is 12.0 Å². The van der Waals surface area contributed by atoms with Crippen LogP contribution in [0.2, 0.25) is 0 Å². The Bertz CT molecular complexity index is 908. The molecule has 0 saturated heterocycles. The summed E-state index contributed by atoms with van der Waals surface area (Å²) in [7, 11) is 1.51. The summed E-state index contributed by atoms with van der Waals surface area (Å²) in [4.78, 5) is 25.1. The number of carbonyl (C=O) groups excluding carboxylic acids is 2. The summed E-state index contributed by atoms with van der Waals surface area (Å²) < 4.78 is 24.2. The van der Waals surface area contributed by atoms with Gasteiger partial charge in [0.25, 0.3) is 5.91 Å². The number of benzene rings is 2. The van der Waals surface area contributed by atoms with Gasteiger partial charge in [0.15, 0.2) is 11.5 Å². The molecule has 7 heteroatoms. The van der Waals surface area contributed by atoms with Crippen molar-refractivity contribution in [1.82, 2.24) is 10.9 Å². The Labute approximate surface area is 175 Å². The van der Waals surface area contributed by atoms with Gasteiger partial charge >= 0.3 is 0 Å². The molecule has 0 unspecified atom stereocenters. The van der Waals surface area contributed by atoms with Crippen molar-refractivity contribution in [1.29, 1.82) is 0 Å². The van der Waals surface area contributed by atoms with Gasteiger partial charge in [-0.2, -0.15) is 0 Å². The molecule has 1 aliphatic rings. The van der Waals surface area contributed by atoms with Crippen molar-refractivity contribution in [2.24, 2.45) is 5.92 Å². The van der Waals surface area contributed by atoms with Crippen LogP contribution >= 0.6 is 0 Å². The lowest BCUT2D eigenvalue weighted by molar-refractivity contribution is -0.124. The van der Waals surface area contributed by atoms with Crippen molar-refractivity contribution < 1.29 is 23.5 Å². The van der Waals surface area contributed by atoms with Crippen molar-refractivity contribution in [2.45, 2.75) is 38.5 Å². The first-order chi connectivity index (χ1) is 14.4. The molecule has 2 N–H and O–H groups in total. The van der Waals surface area contributed by atoms with Crippen molar-refractivity contribution >= 4 is 11.8 Å². The predicted molar refractivity (Wildman–Crippen MR) is 111 cm³/mol. The third-order valence-corrected chi connectivity index (χ3v) is 5.25. The number of ether oxygens (including phenoxy) is 2. The molecular formula is C23H27FN2O4. The Morgan fingerprint density at radius 3 is 2.37 bits per heavy atom. The zero-order chi connectivity index (χ0) is 21.7. The van der Waals surface area contributed by atoms with Gasteiger partial charge in [-0.05, 0) is 61.1 Å². The second-order valence-corrected chi connectivity index (χ2v) is 7.89. The third-order valence-electron chi connectivity index (χ3n) is 5.25. The van der Waals surface area contributed by atoms with Gasteiger partial charge in [0.1, 0.15) is 5.82 Å². The Kier molecular flexibility index (Phi) is 6.59. The molecule has 0 heterocycles. The molecule has 1 saturated carbocycles. The summed E-state index contributed by atoms with van der Waals surface area (Å²) in [6.07, 6.45) is 2.21. The fourth-order valence-corrected chi connectivity index (χ4v) is 3.18. The Morgan fingerprint density at radius 1 is 1.07 bits per heavy atom. The van der Waals surface area contributed by atoms with Gasteiger partial charge in [-0.25, -0.2) is 4.39 Å². The molecular weight excluding hydrogens is 387 g/mol. The van der Waals surface area contributed by atoms with E-state index in [9.17, 15) is 14.0 Å². The number of amides is 2. The second kappa shape index (κ2) is 9.15. The molecule has 3 rings (SSSR count). The van der Waals surface area contributed by atoms with E-state index >= 15 is 0 Å². The van der Waals surface area contributed by atoms with Crippen LogP contribution in [0.5, 0.6) is 11.5 Å². The molecule has 160 valence electrons. The minimum atomic E-state index is -0.715. The van der Waals surface area contributed by atoms with Gasteiger partial charge in [0, 0.05) is 5.56 Å². The molecule has 1 fully saturated rings. The lowest BCUT2D eigenvalue weighted by Gasteiger charge is -2.17. The lowest BCUT2D eigenvalue weighted by Crippen LogP contribution is -2.46. The summed E-state index contributed by atoms with van der Waals surface area (Å²) in [6, 6.07) is 10.7. The quantitative estimate of drug-likeness (QED) is 0.645. The summed E-state index contributed by atoms with van der Waals surface area (Å²) in [6.45, 7) is 4.79. The highest BCUT2D eigenvalue weighted by molar-refractivity contribution is 5.98. The Balaban J connectivity index is 1.60. The number of nitrogens with one attached hydrogen (secondary N) is 2. The topological polar surface area (TPSA) is 76.7 Å². The molecule has 0 aliphatic heterocycles. The molecule has 30 heavy (non-hydrogen) atoms. The fraction of sp³-hybridized carbons (Fsp3) is 0.391. The standard InChI is InChI=1S/C23H27FN2O4/c1-15(2)10-13-30-19-9-4-16(14-20(19)29-3)21(27)25-26-22(28)23(11-12-23)17-5-7-18(24)8-6-17/h4-9,14-15H,10-13H2,1-3H3,(H,25,27)(H,26,28). The van der Waals surface area contributed by atoms with Gasteiger partial charge in [-0.3, -0.25) is 20.4 Å². The lowest BCUT2D eigenvalue weighted by atomic mass is 9.95. The highest BCUT2D eigenvalue weighted by Gasteiger charge is 2.51. The molecule has 0 radical (unpaired) electrons. The molecule has 0 aromatic heterocycles. The van der Waals surface area contributed by atoms with E-state index in [1.165, 1.54) is 19.2 Å². The fourth-order valence-electron chi connectivity index (χ4n) is 3.18. The molecule has 6 nitrogen and oxygen atoms in total. The normalized spacial score (nSPS) is 14.2. The van der Waals surface area contributed by atoms with Crippen molar-refractivity contribution in [3.8, 4) is 11.5 Å². The average Bonchev–Trinajstić information content (AvgIpc) is 3.54. The predicted octanol–water partition coefficient (Wildman–Crippen LogP) is 3.75. The first-order valence-electron chi connectivity index (χ1n) is 10.0. The van der Waals surface area contributed by atoms with Crippen LogP contribution in [0.1, 0.15) is 49.0 Å². The van der Waals surface area contributed by atoms with Crippen LogP contribution in [0.25, 0.3) is 0 Å². The van der Waals surface area contributed by atoms with Gasteiger partial charge in [-0.1, -0.05) is 26.0 Å². The number of methoxy groups -OCH3 is 1. The Hall–Kier alpha value is -3.09. The first-order valence-corrected chi connectivity index (χ1v) is 10.0. The average molecular weight is 414 g/mol. The SMILES string of the molecule is COc1cc(C(=O)NNC(=O)C2(c3ccc(F)cc3)CC2)ccc1OCCC(C)C. The molecule has 1 aliphatic carbocycles. The monoisotopic (exact) mass is 414 g/mol. The highest BCUT2D eigenvalue weighted by Crippen LogP contribution is 2.48. The van der Waals surface area contributed by atoms with Crippen LogP contribution in [0, 0.1) is 11.7 Å². The zero-order valence-electron chi connectivity index (χ0n) is 17.5. The van der Waals surface area contributed by atoms with E-state index in [2.05, 4.69) is 24.7 Å². The molecule has 2 aromatic rings. The number of hydrazine groups is 1. The van der Waals surface area contributed by atoms with Gasteiger partial charge in [-0.15, -0.1) is 0 Å². The highest BCUT2D eigenvalue weighted by atomic mass is 19.1. The summed E-state index contributed by atoms with van der Waals surface area (Å²) in [5, 5.41) is 0. The minimum absolute atomic E-state index is 0.317. The van der Waals surface area contributed by atoms with Crippen LogP contribution in [-0.2, 0) is 10.2 Å². The van der Waals surface area contributed by atoms with Crippen molar-refractivity contribution in [3.05, 3.63) is 59.4 Å². The molecule has 2 amide bonds. The van der Waals surface area contributed by atoms with E-state index < -0.39 is 11.3 Å². The maximum absolute atomic E-state index is 13.2. The zero-order valence-corrected chi connectivity index (χ0v) is 17.5. The molecule has 2 aromatic carbocycles. The number of hydrogen-bond donors (Lipinski definition) is 2.